The maximum atomic E-state index is 13.2. The van der Waals surface area contributed by atoms with Crippen LogP contribution in [0.25, 0.3) is 32.0 Å². The Morgan fingerprint density at radius 1 is 1.13 bits per heavy atom. The number of benzene rings is 2. The minimum atomic E-state index is -0.555. The molecule has 13 heteroatoms. The third-order valence-corrected chi connectivity index (χ3v) is 10.9. The Kier molecular flexibility index (Phi) is 10.4. The molecule has 4 aromatic heterocycles. The van der Waals surface area contributed by atoms with Crippen LogP contribution in [-0.4, -0.2) is 46.8 Å². The third-order valence-electron chi connectivity index (χ3n) is 9.53. The molecule has 1 aliphatic heterocycles. The van der Waals surface area contributed by atoms with Gasteiger partial charge in [0.25, 0.3) is 5.91 Å². The number of anilines is 1. The summed E-state index contributed by atoms with van der Waals surface area (Å²) in [4.78, 5) is 23.7. The fourth-order valence-electron chi connectivity index (χ4n) is 7.25. The molecule has 274 valence electrons. The molecule has 6 aromatic rings. The van der Waals surface area contributed by atoms with E-state index in [9.17, 15) is 9.18 Å². The molecule has 2 aliphatic rings. The molecule has 0 bridgehead atoms. The number of nitrogens with two attached hydrogens (primary N) is 1. The van der Waals surface area contributed by atoms with Gasteiger partial charge >= 0.3 is 0 Å². The van der Waals surface area contributed by atoms with Gasteiger partial charge in [-0.05, 0) is 72.9 Å². The first-order valence-corrected chi connectivity index (χ1v) is 18.7. The Balaban J connectivity index is 0.000000306. The number of methoxy groups -OCH3 is 1. The Labute approximate surface area is 315 Å². The molecule has 3 N–H and O–H groups in total. The molecule has 2 aromatic carbocycles. The lowest BCUT2D eigenvalue weighted by atomic mass is 9.88. The summed E-state index contributed by atoms with van der Waals surface area (Å²) in [7, 11) is 3.36. The summed E-state index contributed by atoms with van der Waals surface area (Å²) in [5, 5.41) is 13.3. The Morgan fingerprint density at radius 2 is 1.96 bits per heavy atom. The van der Waals surface area contributed by atoms with E-state index in [2.05, 4.69) is 40.4 Å². The topological polar surface area (TPSA) is 138 Å². The lowest BCUT2D eigenvalue weighted by Crippen LogP contribution is -2.20. The van der Waals surface area contributed by atoms with E-state index >= 15 is 0 Å². The molecule has 53 heavy (non-hydrogen) atoms. The second-order valence-electron chi connectivity index (χ2n) is 13.6. The van der Waals surface area contributed by atoms with Crippen molar-refractivity contribution in [2.45, 2.75) is 58.8 Å². The molecule has 0 fully saturated rings. The van der Waals surface area contributed by atoms with Gasteiger partial charge in [-0.25, -0.2) is 9.37 Å². The Bertz CT molecular complexity index is 2340. The summed E-state index contributed by atoms with van der Waals surface area (Å²) in [5.74, 6) is 2.13. The highest BCUT2D eigenvalue weighted by atomic mass is 35.5. The number of carbonyl (C=O) groups excluding carboxylic acids is 1. The number of rotatable bonds is 9. The number of nitrogens with one attached hydrogen (secondary N) is 1. The molecule has 1 unspecified atom stereocenters. The summed E-state index contributed by atoms with van der Waals surface area (Å²) < 4.78 is 31.1. The molecule has 1 atom stereocenters. The minimum absolute atomic E-state index is 0.0132. The number of hydrogen-bond acceptors (Lipinski definition) is 10. The number of nitrogens with zero attached hydrogens (tertiary/aromatic N) is 4. The van der Waals surface area contributed by atoms with Gasteiger partial charge in [0.1, 0.15) is 11.6 Å². The van der Waals surface area contributed by atoms with Crippen molar-refractivity contribution < 1.29 is 23.1 Å². The van der Waals surface area contributed by atoms with Crippen LogP contribution in [0.15, 0.2) is 53.1 Å². The van der Waals surface area contributed by atoms with Gasteiger partial charge in [-0.1, -0.05) is 37.6 Å². The van der Waals surface area contributed by atoms with Crippen LogP contribution in [0.2, 0.25) is 5.02 Å². The van der Waals surface area contributed by atoms with Gasteiger partial charge in [-0.2, -0.15) is 0 Å². The number of pyridine rings is 2. The van der Waals surface area contributed by atoms with Gasteiger partial charge in [0, 0.05) is 59.1 Å². The number of thiophene rings is 1. The Hall–Kier alpha value is -5.07. The molecule has 0 radical (unpaired) electrons. The fraction of sp³-hybridized carbons (Fsp3) is 0.325. The van der Waals surface area contributed by atoms with Crippen molar-refractivity contribution in [1.29, 1.82) is 0 Å². The smallest absolute Gasteiger partial charge is 0.251 e. The SMILES string of the molecule is CNc1nccc2cc(-c3c(C(N)=O)c(CC(C)C)nc(CC4COc5cc(Cl)ccc54)c3-c3nnc(C)o3)sc12.COc1c(F)ccc2c1CCC2. The lowest BCUT2D eigenvalue weighted by Gasteiger charge is -2.20. The van der Waals surface area contributed by atoms with E-state index < -0.39 is 5.91 Å². The summed E-state index contributed by atoms with van der Waals surface area (Å²) in [6.07, 6.45) is 5.99. The second-order valence-corrected chi connectivity index (χ2v) is 15.1. The highest BCUT2D eigenvalue weighted by Crippen LogP contribution is 2.46. The van der Waals surface area contributed by atoms with Gasteiger partial charge in [-0.15, -0.1) is 21.5 Å². The molecule has 10 nitrogen and oxygen atoms in total. The van der Waals surface area contributed by atoms with Crippen LogP contribution >= 0.6 is 22.9 Å². The monoisotopic (exact) mass is 754 g/mol. The molecule has 1 amide bonds. The molecule has 0 spiro atoms. The molecule has 0 saturated heterocycles. The molecule has 5 heterocycles. The highest BCUT2D eigenvalue weighted by Gasteiger charge is 2.33. The van der Waals surface area contributed by atoms with Gasteiger partial charge in [0.15, 0.2) is 11.6 Å². The van der Waals surface area contributed by atoms with Gasteiger partial charge in [0.2, 0.25) is 11.8 Å². The largest absolute Gasteiger partial charge is 0.493 e. The van der Waals surface area contributed by atoms with Crippen molar-refractivity contribution in [3.8, 4) is 33.4 Å². The van der Waals surface area contributed by atoms with Crippen molar-refractivity contribution in [3.63, 3.8) is 0 Å². The standard InChI is InChI=1S/C30H29ClN6O3S.C10H11FO/c1-14(2)9-20-24(28(32)38)26(23-11-16-7-8-34-29(33-4)27(16)41-23)25(30-37-36-15(3)40-30)21(35-20)10-17-13-39-22-12-18(31)5-6-19(17)22;1-12-10-8-4-2-3-7(8)5-6-9(10)11/h5-8,11-12,14,17H,9-10,13H2,1-4H3,(H2,32,38)(H,33,34);5-6H,2-4H2,1H3. The summed E-state index contributed by atoms with van der Waals surface area (Å²) in [6.45, 7) is 6.40. The zero-order chi connectivity index (χ0) is 37.4. The first-order chi connectivity index (χ1) is 25.6. The number of carbonyl (C=O) groups is 1. The zero-order valence-electron chi connectivity index (χ0n) is 30.2. The van der Waals surface area contributed by atoms with Crippen LogP contribution in [0.1, 0.15) is 70.5 Å². The zero-order valence-corrected chi connectivity index (χ0v) is 31.8. The van der Waals surface area contributed by atoms with Gasteiger partial charge < -0.3 is 24.9 Å². The predicted octanol–water partition coefficient (Wildman–Crippen LogP) is 8.75. The summed E-state index contributed by atoms with van der Waals surface area (Å²) in [5.41, 5.74) is 12.5. The van der Waals surface area contributed by atoms with E-state index in [1.165, 1.54) is 30.1 Å². The number of fused-ring (bicyclic) bond motifs is 3. The van der Waals surface area contributed by atoms with Crippen molar-refractivity contribution >= 4 is 44.7 Å². The number of halogens is 2. The van der Waals surface area contributed by atoms with E-state index in [0.717, 1.165) is 62.6 Å². The van der Waals surface area contributed by atoms with E-state index in [1.807, 2.05) is 37.4 Å². The van der Waals surface area contributed by atoms with Crippen molar-refractivity contribution in [2.24, 2.45) is 11.7 Å². The molecule has 1 aliphatic carbocycles. The lowest BCUT2D eigenvalue weighted by molar-refractivity contribution is 0.0999. The maximum Gasteiger partial charge on any atom is 0.251 e. The van der Waals surface area contributed by atoms with Crippen LogP contribution < -0.4 is 20.5 Å². The predicted molar refractivity (Wildman–Crippen MR) is 206 cm³/mol. The molecule has 8 rings (SSSR count). The van der Waals surface area contributed by atoms with Crippen LogP contribution in [0.4, 0.5) is 10.2 Å². The number of aromatic nitrogens is 4. The second kappa shape index (κ2) is 15.1. The Morgan fingerprint density at radius 3 is 2.68 bits per heavy atom. The number of primary amides is 1. The number of amides is 1. The van der Waals surface area contributed by atoms with Crippen LogP contribution in [-0.2, 0) is 25.7 Å². The average Bonchev–Trinajstić information content (AvgIpc) is 3.94. The van der Waals surface area contributed by atoms with Gasteiger partial charge in [0.05, 0.1) is 40.9 Å². The normalized spacial score (nSPS) is 14.5. The third kappa shape index (κ3) is 7.17. The van der Waals surface area contributed by atoms with E-state index in [-0.39, 0.29) is 17.7 Å². The van der Waals surface area contributed by atoms with E-state index in [4.69, 9.17) is 36.2 Å². The summed E-state index contributed by atoms with van der Waals surface area (Å²) >= 11 is 7.76. The first-order valence-electron chi connectivity index (χ1n) is 17.5. The van der Waals surface area contributed by atoms with Crippen LogP contribution in [0.3, 0.4) is 0 Å². The fourth-order valence-corrected chi connectivity index (χ4v) is 8.62. The van der Waals surface area contributed by atoms with Crippen LogP contribution in [0, 0.1) is 18.7 Å². The summed E-state index contributed by atoms with van der Waals surface area (Å²) in [6, 6.07) is 13.1. The van der Waals surface area contributed by atoms with Crippen molar-refractivity contribution in [2.75, 3.05) is 26.1 Å². The van der Waals surface area contributed by atoms with Crippen molar-refractivity contribution in [1.82, 2.24) is 20.2 Å². The number of aryl methyl sites for hydroxylation is 2. The molecular weight excluding hydrogens is 715 g/mol. The van der Waals surface area contributed by atoms with Crippen LogP contribution in [0.5, 0.6) is 11.5 Å². The quantitative estimate of drug-likeness (QED) is 0.148. The number of hydrogen-bond donors (Lipinski definition) is 2. The average molecular weight is 755 g/mol. The van der Waals surface area contributed by atoms with Crippen molar-refractivity contribution in [3.05, 3.63) is 99.0 Å². The minimum Gasteiger partial charge on any atom is -0.493 e. The van der Waals surface area contributed by atoms with E-state index in [1.54, 1.807) is 13.1 Å². The number of ether oxygens (including phenoxy) is 2. The first kappa shape index (κ1) is 36.3. The van der Waals surface area contributed by atoms with Gasteiger partial charge in [-0.3, -0.25) is 9.78 Å². The highest BCUT2D eigenvalue weighted by molar-refractivity contribution is 7.23. The maximum absolute atomic E-state index is 13.2. The molecular formula is C40H40ClFN6O4S. The molecule has 0 saturated carbocycles. The van der Waals surface area contributed by atoms with E-state index in [0.29, 0.717) is 64.4 Å².